The van der Waals surface area contributed by atoms with Crippen LogP contribution in [0, 0.1) is 0 Å². The van der Waals surface area contributed by atoms with E-state index in [1.54, 1.807) is 0 Å². The highest BCUT2D eigenvalue weighted by atomic mass is 32.1. The lowest BCUT2D eigenvalue weighted by Crippen LogP contribution is -2.45. The molecule has 4 atom stereocenters. The van der Waals surface area contributed by atoms with Gasteiger partial charge in [0.05, 0.1) is 0 Å². The van der Waals surface area contributed by atoms with Gasteiger partial charge in [0.15, 0.2) is 23.2 Å². The number of nitrogens with one attached hydrogen (secondary N) is 1. The molecule has 0 bridgehead atoms. The Bertz CT molecular complexity index is 789. The highest BCUT2D eigenvalue weighted by Gasteiger charge is 2.43. The van der Waals surface area contributed by atoms with Crippen LogP contribution < -0.4 is 16.2 Å². The van der Waals surface area contributed by atoms with Gasteiger partial charge in [-0.3, -0.25) is 4.79 Å². The lowest BCUT2D eigenvalue weighted by atomic mass is 10.1. The number of anilines is 1. The summed E-state index contributed by atoms with van der Waals surface area (Å²) in [6, 6.07) is -0.837. The molecule has 1 aliphatic heterocycles. The lowest BCUT2D eigenvalue weighted by molar-refractivity contribution is -0.139. The molecule has 13 heteroatoms. The van der Waals surface area contributed by atoms with Crippen molar-refractivity contribution < 1.29 is 25.0 Å². The van der Waals surface area contributed by atoms with Crippen molar-refractivity contribution in [2.45, 2.75) is 30.9 Å². The van der Waals surface area contributed by atoms with Gasteiger partial charge in [0.2, 0.25) is 0 Å². The maximum atomic E-state index is 11.2. The number of rotatable bonds is 7. The lowest BCUT2D eigenvalue weighted by Gasteiger charge is -2.21. The maximum Gasteiger partial charge on any atom is 0.320 e. The first-order valence-corrected chi connectivity index (χ1v) is 8.40. The van der Waals surface area contributed by atoms with Gasteiger partial charge >= 0.3 is 5.97 Å². The number of imidazole rings is 1. The zero-order valence-corrected chi connectivity index (χ0v) is 14.4. The number of thiol groups is 1. The first kappa shape index (κ1) is 18.6. The van der Waals surface area contributed by atoms with Crippen molar-refractivity contribution in [1.82, 2.24) is 24.9 Å². The van der Waals surface area contributed by atoms with Gasteiger partial charge < -0.3 is 26.4 Å². The Labute approximate surface area is 152 Å². The van der Waals surface area contributed by atoms with Gasteiger partial charge in [0.1, 0.15) is 30.9 Å². The number of carboxylic acids is 1. The average molecular weight is 385 g/mol. The number of carboxylic acid groups (broad SMARTS) is 1. The molecule has 2 aromatic heterocycles. The van der Waals surface area contributed by atoms with Crippen LogP contribution >= 0.6 is 12.6 Å². The van der Waals surface area contributed by atoms with Gasteiger partial charge in [0.25, 0.3) is 0 Å². The van der Waals surface area contributed by atoms with E-state index in [4.69, 9.17) is 15.7 Å². The molecule has 2 aromatic rings. The van der Waals surface area contributed by atoms with Crippen LogP contribution in [0.4, 0.5) is 5.82 Å². The van der Waals surface area contributed by atoms with Crippen molar-refractivity contribution in [1.29, 1.82) is 0 Å². The third kappa shape index (κ3) is 3.39. The zero-order chi connectivity index (χ0) is 18.8. The standard InChI is InChI=1S/C13H19N7O5S/c14-10-8-11(17-4-16-10)19(5-18-8)20-12(22)9(21)7(25-20)3-15-6(1-2-26)13(23)24/h4-7,9,12,15,21-22,26H,1-3H2,(H,23,24)(H2,14,16,17)/t6-,7+,9+,12+/m0/s1. The Balaban J connectivity index is 1.75. The van der Waals surface area contributed by atoms with E-state index < -0.39 is 30.4 Å². The number of aliphatic carboxylic acids is 1. The summed E-state index contributed by atoms with van der Waals surface area (Å²) in [5, 5.41) is 33.4. The van der Waals surface area contributed by atoms with Gasteiger partial charge in [-0.05, 0) is 12.2 Å². The van der Waals surface area contributed by atoms with Gasteiger partial charge in [0, 0.05) is 6.54 Å². The quantitative estimate of drug-likeness (QED) is 0.283. The molecule has 142 valence electrons. The minimum absolute atomic E-state index is 0.00320. The molecule has 0 aliphatic carbocycles. The number of fused-ring (bicyclic) bond motifs is 1. The molecule has 26 heavy (non-hydrogen) atoms. The number of aliphatic hydroxyl groups is 2. The topological polar surface area (TPSA) is 172 Å². The van der Waals surface area contributed by atoms with Crippen molar-refractivity contribution in [2.24, 2.45) is 0 Å². The summed E-state index contributed by atoms with van der Waals surface area (Å²) < 4.78 is 1.30. The number of aromatic nitrogens is 4. The van der Waals surface area contributed by atoms with E-state index in [0.29, 0.717) is 17.7 Å². The van der Waals surface area contributed by atoms with E-state index >= 15 is 0 Å². The van der Waals surface area contributed by atoms with Gasteiger partial charge in [-0.2, -0.15) is 22.5 Å². The minimum Gasteiger partial charge on any atom is -0.480 e. The third-order valence-electron chi connectivity index (χ3n) is 3.99. The van der Waals surface area contributed by atoms with E-state index in [9.17, 15) is 15.0 Å². The number of nitrogen functional groups attached to an aromatic ring is 1. The molecule has 1 saturated heterocycles. The average Bonchev–Trinajstić information content (AvgIpc) is 3.15. The molecule has 3 heterocycles. The molecule has 6 N–H and O–H groups in total. The predicted octanol–water partition coefficient (Wildman–Crippen LogP) is -2.30. The normalized spacial score (nSPS) is 24.3. The number of aliphatic hydroxyl groups excluding tert-OH is 2. The van der Waals surface area contributed by atoms with Crippen LogP contribution in [0.5, 0.6) is 0 Å². The largest absolute Gasteiger partial charge is 0.480 e. The second-order valence-corrected chi connectivity index (χ2v) is 6.13. The highest BCUT2D eigenvalue weighted by molar-refractivity contribution is 7.80. The molecule has 0 spiro atoms. The summed E-state index contributed by atoms with van der Waals surface area (Å²) >= 11 is 4.02. The Morgan fingerprint density at radius 1 is 1.42 bits per heavy atom. The number of hydrogen-bond donors (Lipinski definition) is 6. The molecule has 0 saturated carbocycles. The highest BCUT2D eigenvalue weighted by Crippen LogP contribution is 2.22. The molecule has 0 amide bonds. The first-order chi connectivity index (χ1) is 12.4. The van der Waals surface area contributed by atoms with Crippen LogP contribution in [0.1, 0.15) is 6.42 Å². The van der Waals surface area contributed by atoms with Crippen molar-refractivity contribution in [3.63, 3.8) is 0 Å². The Morgan fingerprint density at radius 2 is 2.19 bits per heavy atom. The van der Waals surface area contributed by atoms with Crippen LogP contribution in [0.2, 0.25) is 0 Å². The van der Waals surface area contributed by atoms with Crippen molar-refractivity contribution in [3.8, 4) is 0 Å². The number of hydrogen-bond acceptors (Lipinski definition) is 11. The smallest absolute Gasteiger partial charge is 0.320 e. The summed E-state index contributed by atoms with van der Waals surface area (Å²) in [7, 11) is 0. The van der Waals surface area contributed by atoms with Crippen LogP contribution in [0.15, 0.2) is 12.7 Å². The van der Waals surface area contributed by atoms with Gasteiger partial charge in [-0.1, -0.05) is 0 Å². The molecule has 0 radical (unpaired) electrons. The molecule has 1 aliphatic rings. The molecule has 0 unspecified atom stereocenters. The zero-order valence-electron chi connectivity index (χ0n) is 13.5. The fourth-order valence-electron chi connectivity index (χ4n) is 2.61. The van der Waals surface area contributed by atoms with E-state index in [-0.39, 0.29) is 18.0 Å². The summed E-state index contributed by atoms with van der Waals surface area (Å²) in [5.41, 5.74) is 6.33. The third-order valence-corrected chi connectivity index (χ3v) is 4.25. The van der Waals surface area contributed by atoms with Crippen LogP contribution in [0.25, 0.3) is 11.2 Å². The molecule has 12 nitrogen and oxygen atoms in total. The summed E-state index contributed by atoms with van der Waals surface area (Å²) in [6.07, 6.45) is -0.724. The van der Waals surface area contributed by atoms with Crippen molar-refractivity contribution in [2.75, 3.05) is 23.2 Å². The van der Waals surface area contributed by atoms with Crippen LogP contribution in [-0.4, -0.2) is 77.7 Å². The maximum absolute atomic E-state index is 11.2. The molecule has 1 fully saturated rings. The van der Waals surface area contributed by atoms with Gasteiger partial charge in [-0.15, -0.1) is 0 Å². The van der Waals surface area contributed by atoms with E-state index in [1.807, 2.05) is 0 Å². The van der Waals surface area contributed by atoms with Crippen LogP contribution in [-0.2, 0) is 9.63 Å². The van der Waals surface area contributed by atoms with E-state index in [0.717, 1.165) is 5.17 Å². The number of nitrogens with zero attached hydrogens (tertiary/aromatic N) is 5. The minimum atomic E-state index is -1.41. The molecule has 3 rings (SSSR count). The second kappa shape index (κ2) is 7.59. The predicted molar refractivity (Wildman–Crippen MR) is 92.7 cm³/mol. The van der Waals surface area contributed by atoms with Gasteiger partial charge in [-0.25, -0.2) is 19.8 Å². The number of carbonyl (C=O) groups is 1. The summed E-state index contributed by atoms with van der Waals surface area (Å²) in [4.78, 5) is 28.7. The Morgan fingerprint density at radius 3 is 2.88 bits per heavy atom. The van der Waals surface area contributed by atoms with E-state index in [2.05, 4.69) is 32.9 Å². The summed E-state index contributed by atoms with van der Waals surface area (Å²) in [6.45, 7) is 0.00320. The molecular weight excluding hydrogens is 366 g/mol. The number of nitrogens with two attached hydrogens (primary N) is 1. The monoisotopic (exact) mass is 385 g/mol. The second-order valence-electron chi connectivity index (χ2n) is 5.68. The van der Waals surface area contributed by atoms with Crippen molar-refractivity contribution >= 4 is 35.6 Å². The number of hydroxylamine groups is 1. The molecule has 0 aromatic carbocycles. The van der Waals surface area contributed by atoms with Crippen LogP contribution in [0.3, 0.4) is 0 Å². The Hall–Kier alpha value is -2.19. The SMILES string of the molecule is Nc1ncnc2c1ncn2N1O[C@H](CN[C@@H](CCS)C(=O)O)[C@@H](O)[C@H]1O. The Kier molecular flexibility index (Phi) is 5.43. The van der Waals surface area contributed by atoms with E-state index in [1.165, 1.54) is 17.3 Å². The fourth-order valence-corrected chi connectivity index (χ4v) is 2.87. The fraction of sp³-hybridized carbons (Fsp3) is 0.538. The molecular formula is C13H19N7O5S. The van der Waals surface area contributed by atoms with Crippen molar-refractivity contribution in [3.05, 3.63) is 12.7 Å². The summed E-state index contributed by atoms with van der Waals surface area (Å²) in [5.74, 6) is -0.483. The first-order valence-electron chi connectivity index (χ1n) is 7.77.